The fourth-order valence-corrected chi connectivity index (χ4v) is 2.52. The molecule has 0 bridgehead atoms. The van der Waals surface area contributed by atoms with Gasteiger partial charge in [-0.05, 0) is 49.6 Å². The molecule has 19 heavy (non-hydrogen) atoms. The number of aryl methyl sites for hydroxylation is 2. The van der Waals surface area contributed by atoms with E-state index in [9.17, 15) is 9.90 Å². The predicted molar refractivity (Wildman–Crippen MR) is 64.5 cm³/mol. The maximum atomic E-state index is 11.5. The van der Waals surface area contributed by atoms with E-state index in [4.69, 9.17) is 4.42 Å². The Morgan fingerprint density at radius 2 is 2.21 bits per heavy atom. The third-order valence-electron chi connectivity index (χ3n) is 3.74. The van der Waals surface area contributed by atoms with Crippen LogP contribution in [0.15, 0.2) is 10.5 Å². The van der Waals surface area contributed by atoms with Gasteiger partial charge in [0.25, 0.3) is 0 Å². The number of hydrogen-bond donors (Lipinski definition) is 1. The van der Waals surface area contributed by atoms with Gasteiger partial charge in [-0.15, -0.1) is 5.10 Å². The van der Waals surface area contributed by atoms with Crippen LogP contribution in [0.3, 0.4) is 0 Å². The topological polar surface area (TPSA) is 94.0 Å². The lowest BCUT2D eigenvalue weighted by atomic mass is 9.76. The maximum absolute atomic E-state index is 11.5. The molecule has 7 nitrogen and oxygen atoms in total. The molecule has 2 heterocycles. The van der Waals surface area contributed by atoms with Crippen LogP contribution in [0.5, 0.6) is 0 Å². The number of nitrogens with zero attached hydrogens (tertiary/aromatic N) is 4. The second-order valence-corrected chi connectivity index (χ2v) is 4.93. The van der Waals surface area contributed by atoms with Crippen molar-refractivity contribution in [3.63, 3.8) is 0 Å². The van der Waals surface area contributed by atoms with Gasteiger partial charge in [-0.2, -0.15) is 0 Å². The number of rotatable bonds is 3. The van der Waals surface area contributed by atoms with Crippen LogP contribution in [0.1, 0.15) is 30.8 Å². The quantitative estimate of drug-likeness (QED) is 0.901. The largest absolute Gasteiger partial charge is 0.479 e. The summed E-state index contributed by atoms with van der Waals surface area (Å²) in [4.78, 5) is 11.5. The third-order valence-corrected chi connectivity index (χ3v) is 3.74. The van der Waals surface area contributed by atoms with E-state index in [-0.39, 0.29) is 0 Å². The summed E-state index contributed by atoms with van der Waals surface area (Å²) < 4.78 is 6.89. The molecule has 0 spiro atoms. The molecule has 2 aromatic rings. The van der Waals surface area contributed by atoms with Crippen LogP contribution >= 0.6 is 0 Å². The number of tetrazole rings is 1. The number of carboxylic acid groups (broad SMARTS) is 1. The van der Waals surface area contributed by atoms with E-state index in [0.717, 1.165) is 17.7 Å². The van der Waals surface area contributed by atoms with Crippen LogP contribution in [-0.4, -0.2) is 31.3 Å². The Balaban J connectivity index is 2.13. The zero-order chi connectivity index (χ0) is 13.6. The van der Waals surface area contributed by atoms with Crippen molar-refractivity contribution in [2.75, 3.05) is 0 Å². The van der Waals surface area contributed by atoms with Crippen LogP contribution in [0.2, 0.25) is 0 Å². The van der Waals surface area contributed by atoms with Crippen molar-refractivity contribution in [2.45, 2.75) is 38.6 Å². The SMILES string of the molecule is Cc1cc(-c2nnnn2C2(C(=O)O)CCC2)c(C)o1. The standard InChI is InChI=1S/C12H14N4O3/c1-7-6-9(8(2)19-7)10-13-14-15-16(10)12(11(17)18)4-3-5-12/h6H,3-5H2,1-2H3,(H,17,18). The fourth-order valence-electron chi connectivity index (χ4n) is 2.52. The maximum Gasteiger partial charge on any atom is 0.331 e. The number of aromatic nitrogens is 4. The smallest absolute Gasteiger partial charge is 0.331 e. The number of furan rings is 1. The Kier molecular flexibility index (Phi) is 2.44. The van der Waals surface area contributed by atoms with Gasteiger partial charge in [-0.3, -0.25) is 0 Å². The second kappa shape index (κ2) is 3.91. The number of hydrogen-bond acceptors (Lipinski definition) is 5. The highest BCUT2D eigenvalue weighted by Gasteiger charge is 2.49. The Labute approximate surface area is 109 Å². The van der Waals surface area contributed by atoms with Gasteiger partial charge in [-0.25, -0.2) is 9.48 Å². The molecule has 0 aliphatic heterocycles. The average molecular weight is 262 g/mol. The fraction of sp³-hybridized carbons (Fsp3) is 0.500. The number of carbonyl (C=O) groups is 1. The predicted octanol–water partition coefficient (Wildman–Crippen LogP) is 1.51. The molecule has 0 atom stereocenters. The molecule has 1 saturated carbocycles. The summed E-state index contributed by atoms with van der Waals surface area (Å²) in [5.41, 5.74) is -0.258. The molecule has 7 heteroatoms. The highest BCUT2D eigenvalue weighted by atomic mass is 16.4. The second-order valence-electron chi connectivity index (χ2n) is 4.93. The van der Waals surface area contributed by atoms with Crippen molar-refractivity contribution in [1.82, 2.24) is 20.2 Å². The summed E-state index contributed by atoms with van der Waals surface area (Å²) in [7, 11) is 0. The third kappa shape index (κ3) is 1.57. The number of aliphatic carboxylic acids is 1. The first-order valence-corrected chi connectivity index (χ1v) is 6.14. The van der Waals surface area contributed by atoms with Crippen molar-refractivity contribution in [1.29, 1.82) is 0 Å². The van der Waals surface area contributed by atoms with Gasteiger partial charge in [0.05, 0.1) is 5.56 Å². The molecule has 100 valence electrons. The van der Waals surface area contributed by atoms with Gasteiger partial charge in [-0.1, -0.05) is 0 Å². The first kappa shape index (κ1) is 11.9. The molecule has 3 rings (SSSR count). The zero-order valence-corrected chi connectivity index (χ0v) is 10.8. The molecular weight excluding hydrogens is 248 g/mol. The Bertz CT molecular complexity index is 639. The van der Waals surface area contributed by atoms with Gasteiger partial charge in [0.1, 0.15) is 11.5 Å². The molecule has 0 unspecified atom stereocenters. The molecular formula is C12H14N4O3. The van der Waals surface area contributed by atoms with Gasteiger partial charge in [0.2, 0.25) is 0 Å². The Hall–Kier alpha value is -2.18. The molecule has 2 aromatic heterocycles. The highest BCUT2D eigenvalue weighted by molar-refractivity contribution is 5.78. The van der Waals surface area contributed by atoms with Crippen molar-refractivity contribution in [3.05, 3.63) is 17.6 Å². The van der Waals surface area contributed by atoms with E-state index >= 15 is 0 Å². The first-order chi connectivity index (χ1) is 9.04. The molecule has 0 radical (unpaired) electrons. The summed E-state index contributed by atoms with van der Waals surface area (Å²) in [6.07, 6.45) is 1.97. The van der Waals surface area contributed by atoms with E-state index < -0.39 is 11.5 Å². The summed E-state index contributed by atoms with van der Waals surface area (Å²) in [6.45, 7) is 3.65. The molecule has 1 aliphatic carbocycles. The minimum absolute atomic E-state index is 0.455. The van der Waals surface area contributed by atoms with Gasteiger partial charge >= 0.3 is 5.97 Å². The monoisotopic (exact) mass is 262 g/mol. The molecule has 0 saturated heterocycles. The van der Waals surface area contributed by atoms with Crippen LogP contribution < -0.4 is 0 Å². The summed E-state index contributed by atoms with van der Waals surface area (Å²) in [5.74, 6) is 1.01. The molecule has 1 N–H and O–H groups in total. The molecule has 1 fully saturated rings. The van der Waals surface area contributed by atoms with Crippen LogP contribution in [0.25, 0.3) is 11.4 Å². The van der Waals surface area contributed by atoms with Crippen molar-refractivity contribution < 1.29 is 14.3 Å². The van der Waals surface area contributed by atoms with Crippen molar-refractivity contribution in [2.24, 2.45) is 0 Å². The van der Waals surface area contributed by atoms with Gasteiger partial charge < -0.3 is 9.52 Å². The van der Waals surface area contributed by atoms with E-state index in [1.165, 1.54) is 4.68 Å². The van der Waals surface area contributed by atoms with E-state index in [1.807, 2.05) is 19.9 Å². The Morgan fingerprint density at radius 1 is 1.47 bits per heavy atom. The van der Waals surface area contributed by atoms with E-state index in [1.54, 1.807) is 0 Å². The normalized spacial score (nSPS) is 17.2. The Morgan fingerprint density at radius 3 is 2.68 bits per heavy atom. The van der Waals surface area contributed by atoms with Gasteiger partial charge in [0.15, 0.2) is 11.4 Å². The summed E-state index contributed by atoms with van der Waals surface area (Å²) in [5, 5.41) is 21.0. The average Bonchev–Trinajstić information content (AvgIpc) is 2.83. The van der Waals surface area contributed by atoms with Gasteiger partial charge in [0, 0.05) is 0 Å². The van der Waals surface area contributed by atoms with Crippen molar-refractivity contribution >= 4 is 5.97 Å². The van der Waals surface area contributed by atoms with Crippen LogP contribution in [-0.2, 0) is 10.3 Å². The minimum Gasteiger partial charge on any atom is -0.479 e. The lowest BCUT2D eigenvalue weighted by Crippen LogP contribution is -2.48. The molecule has 0 aromatic carbocycles. The molecule has 0 amide bonds. The highest BCUT2D eigenvalue weighted by Crippen LogP contribution is 2.41. The van der Waals surface area contributed by atoms with Crippen LogP contribution in [0.4, 0.5) is 0 Å². The lowest BCUT2D eigenvalue weighted by Gasteiger charge is -2.37. The minimum atomic E-state index is -1.00. The van der Waals surface area contributed by atoms with E-state index in [2.05, 4.69) is 15.5 Å². The van der Waals surface area contributed by atoms with E-state index in [0.29, 0.717) is 24.4 Å². The van der Waals surface area contributed by atoms with Crippen molar-refractivity contribution in [3.8, 4) is 11.4 Å². The summed E-state index contributed by atoms with van der Waals surface area (Å²) in [6, 6.07) is 1.83. The number of carboxylic acids is 1. The zero-order valence-electron chi connectivity index (χ0n) is 10.8. The first-order valence-electron chi connectivity index (χ1n) is 6.14. The van der Waals surface area contributed by atoms with Crippen LogP contribution in [0, 0.1) is 13.8 Å². The summed E-state index contributed by atoms with van der Waals surface area (Å²) >= 11 is 0. The lowest BCUT2D eigenvalue weighted by molar-refractivity contribution is -0.153. The molecule has 1 aliphatic rings.